The summed E-state index contributed by atoms with van der Waals surface area (Å²) in [6, 6.07) is 1.63. The number of hydrogen-bond acceptors (Lipinski definition) is 2. The maximum absolute atomic E-state index is 5.36. The molecule has 0 N–H and O–H groups in total. The van der Waals surface area contributed by atoms with Gasteiger partial charge in [0.25, 0.3) is 0 Å². The lowest BCUT2D eigenvalue weighted by Crippen LogP contribution is -2.41. The van der Waals surface area contributed by atoms with Crippen LogP contribution in [0.4, 0.5) is 0 Å². The highest BCUT2D eigenvalue weighted by Crippen LogP contribution is 2.35. The predicted octanol–water partition coefficient (Wildman–Crippen LogP) is 1.98. The first-order valence-corrected chi connectivity index (χ1v) is 5.18. The van der Waals surface area contributed by atoms with Gasteiger partial charge in [-0.3, -0.25) is 0 Å². The second kappa shape index (κ2) is 3.18. The Morgan fingerprint density at radius 2 is 1.82 bits per heavy atom. The second-order valence-electron chi connectivity index (χ2n) is 3.73. The van der Waals surface area contributed by atoms with Crippen LogP contribution >= 0.6 is 23.0 Å². The van der Waals surface area contributed by atoms with E-state index in [9.17, 15) is 0 Å². The van der Waals surface area contributed by atoms with Gasteiger partial charge in [-0.05, 0) is 32.7 Å². The van der Waals surface area contributed by atoms with E-state index in [1.807, 2.05) is 23.0 Å². The Labute approximate surface area is 82.0 Å². The van der Waals surface area contributed by atoms with Crippen LogP contribution in [0.2, 0.25) is 0 Å². The molecule has 2 nitrogen and oxygen atoms in total. The molecule has 0 spiro atoms. The van der Waals surface area contributed by atoms with Crippen LogP contribution in [0, 0.1) is 0 Å². The van der Waals surface area contributed by atoms with Crippen LogP contribution in [0.5, 0.6) is 0 Å². The smallest absolute Gasteiger partial charge is 0.110 e. The van der Waals surface area contributed by atoms with E-state index in [0.29, 0.717) is 6.10 Å². The number of rotatable bonds is 1. The second-order valence-corrected chi connectivity index (χ2v) is 4.24. The van der Waals surface area contributed by atoms with Gasteiger partial charge in [0.1, 0.15) is 23.0 Å². The number of nitrogens with zero attached hydrogens (tertiary/aromatic N) is 1. The summed E-state index contributed by atoms with van der Waals surface area (Å²) in [7, 11) is 2.26. The Morgan fingerprint density at radius 3 is 2.27 bits per heavy atom. The molecular weight excluding hydrogens is 253 g/mol. The summed E-state index contributed by atoms with van der Waals surface area (Å²) in [4.78, 5) is 2.53. The molecule has 2 fully saturated rings. The van der Waals surface area contributed by atoms with Gasteiger partial charge >= 0.3 is 0 Å². The molecule has 2 saturated heterocycles. The van der Waals surface area contributed by atoms with E-state index in [0.717, 1.165) is 12.1 Å². The van der Waals surface area contributed by atoms with Gasteiger partial charge < -0.3 is 7.97 Å². The van der Waals surface area contributed by atoms with Crippen LogP contribution in [0.25, 0.3) is 0 Å². The van der Waals surface area contributed by atoms with Crippen molar-refractivity contribution >= 4 is 23.0 Å². The third-order valence-corrected chi connectivity index (χ3v) is 3.90. The minimum Gasteiger partial charge on any atom is -0.312 e. The van der Waals surface area contributed by atoms with E-state index in [-0.39, 0.29) is 0 Å². The summed E-state index contributed by atoms with van der Waals surface area (Å²) >= 11 is 2.04. The van der Waals surface area contributed by atoms with Gasteiger partial charge in [0.2, 0.25) is 0 Å². The van der Waals surface area contributed by atoms with Crippen molar-refractivity contribution in [3.8, 4) is 0 Å². The van der Waals surface area contributed by atoms with Gasteiger partial charge in [-0.25, -0.2) is 0 Å². The number of hydrogen-bond donors (Lipinski definition) is 0. The van der Waals surface area contributed by atoms with Crippen molar-refractivity contribution in [3.63, 3.8) is 0 Å². The van der Waals surface area contributed by atoms with Gasteiger partial charge in [-0.15, -0.1) is 0 Å². The molecule has 11 heavy (non-hydrogen) atoms. The molecule has 0 saturated carbocycles. The molecule has 2 rings (SSSR count). The van der Waals surface area contributed by atoms with E-state index < -0.39 is 0 Å². The average molecular weight is 267 g/mol. The molecule has 0 amide bonds. The van der Waals surface area contributed by atoms with E-state index >= 15 is 0 Å². The molecule has 0 radical (unpaired) electrons. The first-order valence-electron chi connectivity index (χ1n) is 4.30. The van der Waals surface area contributed by atoms with Crippen molar-refractivity contribution < 1.29 is 3.07 Å². The Bertz CT molecular complexity index is 139. The lowest BCUT2D eigenvalue weighted by Gasteiger charge is -2.34. The molecule has 2 aliphatic heterocycles. The molecule has 3 heteroatoms. The summed E-state index contributed by atoms with van der Waals surface area (Å²) in [6.07, 6.45) is 5.80. The minimum atomic E-state index is 0.532. The zero-order chi connectivity index (χ0) is 7.84. The maximum Gasteiger partial charge on any atom is 0.110 e. The molecule has 64 valence electrons. The number of halogens is 1. The van der Waals surface area contributed by atoms with Crippen molar-refractivity contribution in [1.29, 1.82) is 0 Å². The standard InChI is InChI=1S/C8H14INO/c1-10-6-2-3-7(10)5-8(4-6)11-9/h6-8H,2-5H2,1H3. The third kappa shape index (κ3) is 1.42. The van der Waals surface area contributed by atoms with Gasteiger partial charge in [-0.2, -0.15) is 0 Å². The lowest BCUT2D eigenvalue weighted by molar-refractivity contribution is 0.0927. The van der Waals surface area contributed by atoms with Crippen LogP contribution in [0.15, 0.2) is 0 Å². The topological polar surface area (TPSA) is 12.5 Å². The summed E-state index contributed by atoms with van der Waals surface area (Å²) in [6.45, 7) is 0. The number of fused-ring (bicyclic) bond motifs is 2. The molecule has 2 atom stereocenters. The molecule has 0 aliphatic carbocycles. The predicted molar refractivity (Wildman–Crippen MR) is 52.7 cm³/mol. The largest absolute Gasteiger partial charge is 0.312 e. The Hall–Kier alpha value is 0.650. The normalized spacial score (nSPS) is 44.7. The molecule has 2 aliphatic rings. The molecular formula is C8H14INO. The molecule has 0 aromatic carbocycles. The molecule has 0 aromatic rings. The Balaban J connectivity index is 2.02. The van der Waals surface area contributed by atoms with Crippen LogP contribution in [-0.4, -0.2) is 30.1 Å². The summed E-state index contributed by atoms with van der Waals surface area (Å²) in [5.41, 5.74) is 0. The van der Waals surface area contributed by atoms with Crippen molar-refractivity contribution in [2.45, 2.75) is 43.9 Å². The maximum atomic E-state index is 5.36. The highest BCUT2D eigenvalue weighted by molar-refractivity contribution is 14.1. The summed E-state index contributed by atoms with van der Waals surface area (Å²) < 4.78 is 5.36. The Morgan fingerprint density at radius 1 is 1.27 bits per heavy atom. The fourth-order valence-corrected chi connectivity index (χ4v) is 2.85. The van der Waals surface area contributed by atoms with Gasteiger partial charge in [0, 0.05) is 12.1 Å². The highest BCUT2D eigenvalue weighted by Gasteiger charge is 2.38. The first kappa shape index (κ1) is 8.26. The quantitative estimate of drug-likeness (QED) is 0.673. The fraction of sp³-hybridized carbons (Fsp3) is 1.00. The number of piperidine rings is 1. The van der Waals surface area contributed by atoms with Crippen LogP contribution in [-0.2, 0) is 3.07 Å². The SMILES string of the molecule is CN1C2CCC1CC(OI)C2. The first-order chi connectivity index (χ1) is 5.31. The van der Waals surface area contributed by atoms with Crippen LogP contribution < -0.4 is 0 Å². The van der Waals surface area contributed by atoms with Gasteiger partial charge in [0.05, 0.1) is 6.10 Å². The Kier molecular flexibility index (Phi) is 2.39. The van der Waals surface area contributed by atoms with E-state index in [4.69, 9.17) is 3.07 Å². The zero-order valence-corrected chi connectivity index (χ0v) is 8.95. The lowest BCUT2D eigenvalue weighted by atomic mass is 10.0. The van der Waals surface area contributed by atoms with Gasteiger partial charge in [-0.1, -0.05) is 0 Å². The minimum absolute atomic E-state index is 0.532. The van der Waals surface area contributed by atoms with Crippen molar-refractivity contribution in [2.24, 2.45) is 0 Å². The fourth-order valence-electron chi connectivity index (χ4n) is 2.43. The van der Waals surface area contributed by atoms with Gasteiger partial charge in [0.15, 0.2) is 0 Å². The van der Waals surface area contributed by atoms with E-state index in [1.165, 1.54) is 25.7 Å². The monoisotopic (exact) mass is 267 g/mol. The molecule has 2 heterocycles. The average Bonchev–Trinajstić information content (AvgIpc) is 2.26. The van der Waals surface area contributed by atoms with Crippen molar-refractivity contribution in [2.75, 3.05) is 7.05 Å². The summed E-state index contributed by atoms with van der Waals surface area (Å²) in [5, 5.41) is 0. The van der Waals surface area contributed by atoms with Crippen molar-refractivity contribution in [1.82, 2.24) is 4.90 Å². The van der Waals surface area contributed by atoms with E-state index in [1.54, 1.807) is 0 Å². The molecule has 2 unspecified atom stereocenters. The zero-order valence-electron chi connectivity index (χ0n) is 6.79. The third-order valence-electron chi connectivity index (χ3n) is 3.18. The van der Waals surface area contributed by atoms with E-state index in [2.05, 4.69) is 11.9 Å². The van der Waals surface area contributed by atoms with Crippen molar-refractivity contribution in [3.05, 3.63) is 0 Å². The molecule has 2 bridgehead atoms. The van der Waals surface area contributed by atoms with Crippen LogP contribution in [0.1, 0.15) is 25.7 Å². The highest BCUT2D eigenvalue weighted by atomic mass is 127. The summed E-state index contributed by atoms with van der Waals surface area (Å²) in [5.74, 6) is 0. The van der Waals surface area contributed by atoms with Crippen LogP contribution in [0.3, 0.4) is 0 Å². The molecule has 0 aromatic heterocycles.